The lowest BCUT2D eigenvalue weighted by Crippen LogP contribution is -2.02. The minimum absolute atomic E-state index is 0.466. The molecule has 0 spiro atoms. The fourth-order valence-electron chi connectivity index (χ4n) is 1.93. The molecule has 1 aromatic carbocycles. The first-order valence-corrected chi connectivity index (χ1v) is 6.35. The largest absolute Gasteiger partial charge is 0.380 e. The molecule has 4 nitrogen and oxygen atoms in total. The number of pyridine rings is 1. The fraction of sp³-hybridized carbons (Fsp3) is 0.0769. The number of aromatic nitrogens is 3. The normalized spacial score (nSPS) is 10.9. The first kappa shape index (κ1) is 11.2. The number of nitrogens with zero attached hydrogens (tertiary/aromatic N) is 3. The molecule has 0 unspecified atom stereocenters. The summed E-state index contributed by atoms with van der Waals surface area (Å²) in [7, 11) is 0. The molecule has 0 saturated heterocycles. The summed E-state index contributed by atoms with van der Waals surface area (Å²) in [5.41, 5.74) is 8.73. The molecule has 2 heterocycles. The van der Waals surface area contributed by atoms with Gasteiger partial charge < -0.3 is 5.73 Å². The average molecular weight is 303 g/mol. The quantitative estimate of drug-likeness (QED) is 0.792. The summed E-state index contributed by atoms with van der Waals surface area (Å²) in [6.07, 6.45) is 1.73. The third kappa shape index (κ3) is 1.97. The van der Waals surface area contributed by atoms with E-state index < -0.39 is 0 Å². The second kappa shape index (κ2) is 4.42. The summed E-state index contributed by atoms with van der Waals surface area (Å²) in [5.74, 6) is 0.466. The molecule has 0 aliphatic carbocycles. The number of nitrogens with two attached hydrogens (primary N) is 1. The van der Waals surface area contributed by atoms with Crippen LogP contribution in [0.25, 0.3) is 11.0 Å². The number of benzene rings is 1. The van der Waals surface area contributed by atoms with Crippen LogP contribution in [0.5, 0.6) is 0 Å². The van der Waals surface area contributed by atoms with Gasteiger partial charge in [-0.1, -0.05) is 30.3 Å². The van der Waals surface area contributed by atoms with Gasteiger partial charge in [0.2, 0.25) is 0 Å². The van der Waals surface area contributed by atoms with Crippen LogP contribution in [0.2, 0.25) is 0 Å². The molecular weight excluding hydrogens is 292 g/mol. The lowest BCUT2D eigenvalue weighted by atomic mass is 10.2. The fourth-order valence-corrected chi connectivity index (χ4v) is 2.25. The van der Waals surface area contributed by atoms with E-state index in [4.69, 9.17) is 5.73 Å². The highest BCUT2D eigenvalue weighted by Gasteiger charge is 2.09. The average Bonchev–Trinajstić information content (AvgIpc) is 2.67. The highest BCUT2D eigenvalue weighted by molar-refractivity contribution is 9.10. The number of fused-ring (bicyclic) bond motifs is 1. The number of hydrogen-bond donors (Lipinski definition) is 1. The topological polar surface area (TPSA) is 56.7 Å². The lowest BCUT2D eigenvalue weighted by Gasteiger charge is -2.03. The molecule has 3 aromatic rings. The number of halogens is 1. The summed E-state index contributed by atoms with van der Waals surface area (Å²) in [6.45, 7) is 0.687. The molecule has 0 aliphatic rings. The van der Waals surface area contributed by atoms with Gasteiger partial charge in [0.1, 0.15) is 5.52 Å². The van der Waals surface area contributed by atoms with Crippen molar-refractivity contribution >= 4 is 32.8 Å². The Morgan fingerprint density at radius 2 is 2.00 bits per heavy atom. The van der Waals surface area contributed by atoms with Crippen LogP contribution in [0.3, 0.4) is 0 Å². The highest BCUT2D eigenvalue weighted by atomic mass is 79.9. The van der Waals surface area contributed by atoms with E-state index >= 15 is 0 Å². The van der Waals surface area contributed by atoms with E-state index in [2.05, 4.69) is 38.1 Å². The van der Waals surface area contributed by atoms with Gasteiger partial charge in [-0.15, -0.1) is 0 Å². The molecule has 90 valence electrons. The van der Waals surface area contributed by atoms with E-state index in [0.29, 0.717) is 12.4 Å². The molecule has 0 aliphatic heterocycles. The molecule has 0 radical (unpaired) electrons. The predicted molar refractivity (Wildman–Crippen MR) is 75.2 cm³/mol. The van der Waals surface area contributed by atoms with Crippen LogP contribution in [-0.4, -0.2) is 14.8 Å². The third-order valence-electron chi connectivity index (χ3n) is 2.76. The molecular formula is C13H11BrN4. The third-order valence-corrected chi connectivity index (χ3v) is 3.19. The van der Waals surface area contributed by atoms with Crippen molar-refractivity contribution in [3.8, 4) is 0 Å². The van der Waals surface area contributed by atoms with Crippen molar-refractivity contribution in [2.75, 3.05) is 5.73 Å². The number of nitrogen functional groups attached to an aromatic ring is 1. The Morgan fingerprint density at radius 1 is 1.22 bits per heavy atom. The van der Waals surface area contributed by atoms with Crippen molar-refractivity contribution in [1.29, 1.82) is 0 Å². The smallest absolute Gasteiger partial charge is 0.172 e. The van der Waals surface area contributed by atoms with E-state index in [1.54, 1.807) is 6.20 Å². The van der Waals surface area contributed by atoms with Crippen molar-refractivity contribution in [1.82, 2.24) is 14.8 Å². The second-order valence-electron chi connectivity index (χ2n) is 4.05. The molecule has 2 aromatic heterocycles. The van der Waals surface area contributed by atoms with Crippen LogP contribution in [0, 0.1) is 0 Å². The number of rotatable bonds is 2. The zero-order valence-electron chi connectivity index (χ0n) is 9.55. The number of hydrogen-bond acceptors (Lipinski definition) is 3. The van der Waals surface area contributed by atoms with Crippen molar-refractivity contribution in [3.05, 3.63) is 52.6 Å². The van der Waals surface area contributed by atoms with Crippen molar-refractivity contribution in [2.24, 2.45) is 0 Å². The predicted octanol–water partition coefficient (Wildman–Crippen LogP) is 2.82. The van der Waals surface area contributed by atoms with Gasteiger partial charge in [-0.25, -0.2) is 4.98 Å². The van der Waals surface area contributed by atoms with Crippen LogP contribution in [0.4, 0.5) is 5.82 Å². The van der Waals surface area contributed by atoms with Gasteiger partial charge >= 0.3 is 0 Å². The molecule has 18 heavy (non-hydrogen) atoms. The van der Waals surface area contributed by atoms with E-state index in [1.165, 1.54) is 5.56 Å². The standard InChI is InChI=1S/C13H11BrN4/c14-10-6-11-12(16-7-10)13(15)17-18(11)8-9-4-2-1-3-5-9/h1-7H,8H2,(H2,15,17). The first-order chi connectivity index (χ1) is 8.74. The Balaban J connectivity index is 2.09. The van der Waals surface area contributed by atoms with E-state index in [1.807, 2.05) is 28.9 Å². The second-order valence-corrected chi connectivity index (χ2v) is 4.97. The summed E-state index contributed by atoms with van der Waals surface area (Å²) >= 11 is 3.42. The van der Waals surface area contributed by atoms with Gasteiger partial charge in [-0.2, -0.15) is 5.10 Å². The summed E-state index contributed by atoms with van der Waals surface area (Å²) in [4.78, 5) is 4.29. The van der Waals surface area contributed by atoms with E-state index in [0.717, 1.165) is 15.5 Å². The summed E-state index contributed by atoms with van der Waals surface area (Å²) in [5, 5.41) is 4.34. The molecule has 0 atom stereocenters. The molecule has 0 fully saturated rings. The minimum Gasteiger partial charge on any atom is -0.380 e. The van der Waals surface area contributed by atoms with Gasteiger partial charge in [0.05, 0.1) is 12.1 Å². The molecule has 5 heteroatoms. The maximum absolute atomic E-state index is 5.87. The lowest BCUT2D eigenvalue weighted by molar-refractivity contribution is 0.716. The van der Waals surface area contributed by atoms with Gasteiger partial charge in [-0.05, 0) is 27.6 Å². The zero-order valence-corrected chi connectivity index (χ0v) is 11.1. The van der Waals surface area contributed by atoms with Gasteiger partial charge in [0.25, 0.3) is 0 Å². The molecule has 3 rings (SSSR count). The SMILES string of the molecule is Nc1nn(Cc2ccccc2)c2cc(Br)cnc12. The van der Waals surface area contributed by atoms with Crippen LogP contribution < -0.4 is 5.73 Å². The van der Waals surface area contributed by atoms with Crippen molar-refractivity contribution in [3.63, 3.8) is 0 Å². The summed E-state index contributed by atoms with van der Waals surface area (Å²) < 4.78 is 2.79. The minimum atomic E-state index is 0.466. The van der Waals surface area contributed by atoms with E-state index in [-0.39, 0.29) is 0 Å². The molecule has 2 N–H and O–H groups in total. The molecule has 0 bridgehead atoms. The maximum atomic E-state index is 5.87. The highest BCUT2D eigenvalue weighted by Crippen LogP contribution is 2.22. The Labute approximate surface area is 113 Å². The Kier molecular flexibility index (Phi) is 2.76. The number of anilines is 1. The molecule has 0 amide bonds. The Morgan fingerprint density at radius 3 is 2.78 bits per heavy atom. The monoisotopic (exact) mass is 302 g/mol. The maximum Gasteiger partial charge on any atom is 0.172 e. The Bertz CT molecular complexity index is 691. The van der Waals surface area contributed by atoms with Gasteiger partial charge in [0.15, 0.2) is 5.82 Å². The Hall–Kier alpha value is -1.88. The van der Waals surface area contributed by atoms with Crippen LogP contribution in [0.1, 0.15) is 5.56 Å². The van der Waals surface area contributed by atoms with Crippen LogP contribution >= 0.6 is 15.9 Å². The van der Waals surface area contributed by atoms with Crippen molar-refractivity contribution in [2.45, 2.75) is 6.54 Å². The summed E-state index contributed by atoms with van der Waals surface area (Å²) in [6, 6.07) is 12.1. The first-order valence-electron chi connectivity index (χ1n) is 5.55. The van der Waals surface area contributed by atoms with Crippen LogP contribution in [0.15, 0.2) is 47.1 Å². The van der Waals surface area contributed by atoms with Crippen molar-refractivity contribution < 1.29 is 0 Å². The van der Waals surface area contributed by atoms with Gasteiger partial charge in [0, 0.05) is 10.7 Å². The zero-order chi connectivity index (χ0) is 12.5. The van der Waals surface area contributed by atoms with E-state index in [9.17, 15) is 0 Å². The molecule has 0 saturated carbocycles. The van der Waals surface area contributed by atoms with Gasteiger partial charge in [-0.3, -0.25) is 4.68 Å². The van der Waals surface area contributed by atoms with Crippen LogP contribution in [-0.2, 0) is 6.54 Å².